The largest absolute Gasteiger partial charge is 0.480 e. The molecule has 1 N–H and O–H groups in total. The van der Waals surface area contributed by atoms with E-state index in [4.69, 9.17) is 5.11 Å². The third-order valence-corrected chi connectivity index (χ3v) is 5.51. The summed E-state index contributed by atoms with van der Waals surface area (Å²) in [5.74, 6) is -1.70. The Morgan fingerprint density at radius 2 is 1.78 bits per heavy atom. The Morgan fingerprint density at radius 3 is 2.11 bits per heavy atom. The minimum Gasteiger partial charge on any atom is -0.480 e. The number of nitrogens with zero attached hydrogens (tertiary/aromatic N) is 1. The van der Waals surface area contributed by atoms with Crippen LogP contribution >= 0.6 is 0 Å². The fraction of sp³-hybridized carbons (Fsp3) is 0.818. The van der Waals surface area contributed by atoms with Gasteiger partial charge in [-0.15, -0.1) is 0 Å². The van der Waals surface area contributed by atoms with Crippen molar-refractivity contribution < 1.29 is 23.1 Å². The SMILES string of the molecule is CCN(CC(=O)O)C(=O)C1(S(C)(=O)=O)CCCC1. The Balaban J connectivity index is 3.07. The quantitative estimate of drug-likeness (QED) is 0.779. The summed E-state index contributed by atoms with van der Waals surface area (Å²) in [4.78, 5) is 24.2. The predicted molar refractivity (Wildman–Crippen MR) is 65.9 cm³/mol. The molecule has 6 nitrogen and oxygen atoms in total. The molecule has 1 aliphatic rings. The Hall–Kier alpha value is -1.11. The van der Waals surface area contributed by atoms with Crippen LogP contribution in [0.1, 0.15) is 32.6 Å². The normalized spacial score (nSPS) is 18.6. The Morgan fingerprint density at radius 1 is 1.28 bits per heavy atom. The Kier molecular flexibility index (Phi) is 4.37. The number of sulfone groups is 1. The van der Waals surface area contributed by atoms with Crippen molar-refractivity contribution in [1.82, 2.24) is 4.90 Å². The molecule has 0 atom stereocenters. The molecule has 0 spiro atoms. The van der Waals surface area contributed by atoms with Crippen molar-refractivity contribution in [3.05, 3.63) is 0 Å². The van der Waals surface area contributed by atoms with E-state index in [0.717, 1.165) is 11.2 Å². The molecule has 1 saturated carbocycles. The number of aliphatic carboxylic acids is 1. The molecule has 1 amide bonds. The van der Waals surface area contributed by atoms with Gasteiger partial charge in [-0.25, -0.2) is 8.42 Å². The summed E-state index contributed by atoms with van der Waals surface area (Å²) in [5.41, 5.74) is 0. The third-order valence-electron chi connectivity index (χ3n) is 3.51. The van der Waals surface area contributed by atoms with E-state index in [1.807, 2.05) is 0 Å². The second kappa shape index (κ2) is 5.26. The molecule has 0 radical (unpaired) electrons. The fourth-order valence-corrected chi connectivity index (χ4v) is 3.94. The lowest BCUT2D eigenvalue weighted by molar-refractivity contribution is -0.145. The highest BCUT2D eigenvalue weighted by molar-refractivity contribution is 7.92. The van der Waals surface area contributed by atoms with Gasteiger partial charge in [0.1, 0.15) is 6.54 Å². The van der Waals surface area contributed by atoms with E-state index in [2.05, 4.69) is 0 Å². The van der Waals surface area contributed by atoms with Gasteiger partial charge in [-0.05, 0) is 19.8 Å². The lowest BCUT2D eigenvalue weighted by Gasteiger charge is -2.31. The topological polar surface area (TPSA) is 91.8 Å². The van der Waals surface area contributed by atoms with Crippen LogP contribution in [0.4, 0.5) is 0 Å². The molecule has 1 aliphatic carbocycles. The first-order valence-electron chi connectivity index (χ1n) is 5.95. The van der Waals surface area contributed by atoms with Crippen LogP contribution in [-0.2, 0) is 19.4 Å². The summed E-state index contributed by atoms with van der Waals surface area (Å²) >= 11 is 0. The van der Waals surface area contributed by atoms with Crippen molar-refractivity contribution in [2.75, 3.05) is 19.3 Å². The Labute approximate surface area is 107 Å². The monoisotopic (exact) mass is 277 g/mol. The number of carbonyl (C=O) groups excluding carboxylic acids is 1. The van der Waals surface area contributed by atoms with Crippen LogP contribution in [-0.4, -0.2) is 54.4 Å². The highest BCUT2D eigenvalue weighted by Gasteiger charge is 2.51. The molecule has 0 unspecified atom stereocenters. The van der Waals surface area contributed by atoms with Gasteiger partial charge in [-0.3, -0.25) is 9.59 Å². The summed E-state index contributed by atoms with van der Waals surface area (Å²) in [5, 5.41) is 8.75. The van der Waals surface area contributed by atoms with Crippen molar-refractivity contribution in [3.63, 3.8) is 0 Å². The third kappa shape index (κ3) is 2.66. The van der Waals surface area contributed by atoms with Crippen molar-refractivity contribution in [2.24, 2.45) is 0 Å². The number of rotatable bonds is 5. The first kappa shape index (κ1) is 14.9. The molecular weight excluding hydrogens is 258 g/mol. The number of carboxylic acids is 1. The average Bonchev–Trinajstić information content (AvgIpc) is 2.74. The van der Waals surface area contributed by atoms with Gasteiger partial charge in [0.15, 0.2) is 14.6 Å². The predicted octanol–water partition coefficient (Wildman–Crippen LogP) is 0.277. The Bertz CT molecular complexity index is 436. The molecule has 1 fully saturated rings. The van der Waals surface area contributed by atoms with E-state index >= 15 is 0 Å². The van der Waals surface area contributed by atoms with Gasteiger partial charge in [0.2, 0.25) is 5.91 Å². The van der Waals surface area contributed by atoms with Crippen LogP contribution in [0.25, 0.3) is 0 Å². The second-order valence-electron chi connectivity index (χ2n) is 4.69. The van der Waals surface area contributed by atoms with Gasteiger partial charge < -0.3 is 10.0 Å². The van der Waals surface area contributed by atoms with E-state index in [1.165, 1.54) is 0 Å². The number of hydrogen-bond acceptors (Lipinski definition) is 4. The van der Waals surface area contributed by atoms with Crippen molar-refractivity contribution in [3.8, 4) is 0 Å². The molecule has 0 heterocycles. The molecule has 0 saturated heterocycles. The molecule has 0 aliphatic heterocycles. The van der Waals surface area contributed by atoms with Crippen molar-refractivity contribution in [2.45, 2.75) is 37.4 Å². The van der Waals surface area contributed by atoms with Gasteiger partial charge in [-0.1, -0.05) is 12.8 Å². The standard InChI is InChI=1S/C11H19NO5S/c1-3-12(8-9(13)14)10(15)11(18(2,16)17)6-4-5-7-11/h3-8H2,1-2H3,(H,13,14). The number of carbonyl (C=O) groups is 2. The maximum Gasteiger partial charge on any atom is 0.323 e. The van der Waals surface area contributed by atoms with Crippen molar-refractivity contribution >= 4 is 21.7 Å². The fourth-order valence-electron chi connectivity index (χ4n) is 2.47. The summed E-state index contributed by atoms with van der Waals surface area (Å²) in [7, 11) is -3.54. The summed E-state index contributed by atoms with van der Waals surface area (Å²) in [6, 6.07) is 0. The number of hydrogen-bond donors (Lipinski definition) is 1. The van der Waals surface area contributed by atoms with Crippen LogP contribution in [0.2, 0.25) is 0 Å². The van der Waals surface area contributed by atoms with Crippen LogP contribution in [0.15, 0.2) is 0 Å². The molecule has 104 valence electrons. The smallest absolute Gasteiger partial charge is 0.323 e. The van der Waals surface area contributed by atoms with Gasteiger partial charge in [0.25, 0.3) is 0 Å². The van der Waals surface area contributed by atoms with E-state index in [9.17, 15) is 18.0 Å². The molecule has 0 aromatic heterocycles. The van der Waals surface area contributed by atoms with Crippen LogP contribution in [0, 0.1) is 0 Å². The van der Waals surface area contributed by atoms with E-state index in [-0.39, 0.29) is 6.54 Å². The van der Waals surface area contributed by atoms with Gasteiger partial charge in [-0.2, -0.15) is 0 Å². The molecule has 7 heteroatoms. The highest BCUT2D eigenvalue weighted by Crippen LogP contribution is 2.38. The minimum absolute atomic E-state index is 0.197. The van der Waals surface area contributed by atoms with Gasteiger partial charge >= 0.3 is 5.97 Å². The zero-order chi connectivity index (χ0) is 14.0. The summed E-state index contributed by atoms with van der Waals surface area (Å²) in [6.45, 7) is 1.39. The second-order valence-corrected chi connectivity index (χ2v) is 7.01. The zero-order valence-corrected chi connectivity index (χ0v) is 11.5. The highest BCUT2D eigenvalue weighted by atomic mass is 32.2. The maximum absolute atomic E-state index is 12.4. The lowest BCUT2D eigenvalue weighted by atomic mass is 10.1. The number of amides is 1. The molecule has 0 aromatic rings. The minimum atomic E-state index is -3.54. The first-order valence-corrected chi connectivity index (χ1v) is 7.84. The van der Waals surface area contributed by atoms with Crippen molar-refractivity contribution in [1.29, 1.82) is 0 Å². The van der Waals surface area contributed by atoms with E-state index in [1.54, 1.807) is 6.92 Å². The van der Waals surface area contributed by atoms with Gasteiger partial charge in [0.05, 0.1) is 0 Å². The van der Waals surface area contributed by atoms with E-state index in [0.29, 0.717) is 25.7 Å². The van der Waals surface area contributed by atoms with Crippen LogP contribution in [0.3, 0.4) is 0 Å². The summed E-state index contributed by atoms with van der Waals surface area (Å²) < 4.78 is 22.4. The zero-order valence-electron chi connectivity index (χ0n) is 10.7. The van der Waals surface area contributed by atoms with E-state index < -0.39 is 33.0 Å². The molecule has 1 rings (SSSR count). The maximum atomic E-state index is 12.4. The average molecular weight is 277 g/mol. The lowest BCUT2D eigenvalue weighted by Crippen LogP contribution is -2.53. The molecular formula is C11H19NO5S. The van der Waals surface area contributed by atoms with Gasteiger partial charge in [0, 0.05) is 12.8 Å². The molecule has 0 aromatic carbocycles. The first-order chi connectivity index (χ1) is 8.24. The number of carboxylic acid groups (broad SMARTS) is 1. The summed E-state index contributed by atoms with van der Waals surface area (Å²) in [6.07, 6.45) is 3.01. The molecule has 18 heavy (non-hydrogen) atoms. The van der Waals surface area contributed by atoms with Crippen LogP contribution in [0.5, 0.6) is 0 Å². The number of likely N-dealkylation sites (N-methyl/N-ethyl adjacent to an activating group) is 1. The van der Waals surface area contributed by atoms with Crippen LogP contribution < -0.4 is 0 Å². The molecule has 0 bridgehead atoms.